The Labute approximate surface area is 379 Å². The molecule has 0 bridgehead atoms. The first-order valence-electron chi connectivity index (χ1n) is 21.6. The van der Waals surface area contributed by atoms with E-state index in [-0.39, 0.29) is 96.6 Å². The average molecular weight is 961 g/mol. The van der Waals surface area contributed by atoms with Gasteiger partial charge in [0.25, 0.3) is 0 Å². The van der Waals surface area contributed by atoms with Crippen molar-refractivity contribution < 1.29 is 114 Å². The summed E-state index contributed by atoms with van der Waals surface area (Å²) in [7, 11) is 0. The molecule has 0 unspecified atom stereocenters. The molecule has 3 saturated heterocycles. The molecule has 27 nitrogen and oxygen atoms in total. The van der Waals surface area contributed by atoms with E-state index < -0.39 is 141 Å². The second kappa shape index (κ2) is 28.4. The second-order valence-electron chi connectivity index (χ2n) is 16.3. The van der Waals surface area contributed by atoms with E-state index in [1.54, 1.807) is 0 Å². The van der Waals surface area contributed by atoms with Crippen LogP contribution in [0, 0.1) is 0 Å². The van der Waals surface area contributed by atoms with E-state index >= 15 is 0 Å². The number of aliphatic hydroxyl groups excluding tert-OH is 12. The van der Waals surface area contributed by atoms with E-state index in [0.717, 1.165) is 0 Å². The number of amides is 4. The van der Waals surface area contributed by atoms with E-state index in [4.69, 9.17) is 28.4 Å². The predicted molar refractivity (Wildman–Crippen MR) is 217 cm³/mol. The minimum Gasteiger partial charge on any atom is -0.394 e. The lowest BCUT2D eigenvalue weighted by molar-refractivity contribution is -0.300. The van der Waals surface area contributed by atoms with Crippen molar-refractivity contribution in [3.63, 3.8) is 0 Å². The Morgan fingerprint density at radius 2 is 0.742 bits per heavy atom. The molecule has 66 heavy (non-hydrogen) atoms. The number of Topliss-reactive ketones (excluding diaryl/α,β-unsaturated/α-hetero) is 1. The highest BCUT2D eigenvalue weighted by atomic mass is 16.7. The van der Waals surface area contributed by atoms with Crippen molar-refractivity contribution in [1.29, 1.82) is 0 Å². The van der Waals surface area contributed by atoms with Gasteiger partial charge in [-0.25, -0.2) is 0 Å². The normalized spacial score (nSPS) is 32.6. The third-order valence-electron chi connectivity index (χ3n) is 11.3. The van der Waals surface area contributed by atoms with Gasteiger partial charge in [0.05, 0.1) is 39.6 Å². The molecule has 3 heterocycles. The van der Waals surface area contributed by atoms with Crippen LogP contribution >= 0.6 is 0 Å². The molecule has 0 aromatic carbocycles. The van der Waals surface area contributed by atoms with Gasteiger partial charge in [0.15, 0.2) is 18.9 Å². The highest BCUT2D eigenvalue weighted by Crippen LogP contribution is 2.28. The summed E-state index contributed by atoms with van der Waals surface area (Å²) >= 11 is 0. The number of aliphatic hydroxyl groups is 12. The van der Waals surface area contributed by atoms with Gasteiger partial charge in [-0.2, -0.15) is 0 Å². The molecule has 3 rings (SSSR count). The largest absolute Gasteiger partial charge is 0.394 e. The zero-order chi connectivity index (χ0) is 49.1. The quantitative estimate of drug-likeness (QED) is 0.0324. The van der Waals surface area contributed by atoms with Crippen LogP contribution in [0.1, 0.15) is 58.3 Å². The number of nitrogens with one attached hydrogen (secondary N) is 4. The minimum atomic E-state index is -1.69. The fourth-order valence-electron chi connectivity index (χ4n) is 7.25. The fraction of sp³-hybridized carbons (Fsp3) is 0.872. The van der Waals surface area contributed by atoms with Crippen LogP contribution in [-0.4, -0.2) is 248 Å². The highest BCUT2D eigenvalue weighted by Gasteiger charge is 2.46. The smallest absolute Gasteiger partial charge is 0.220 e. The number of hydrogen-bond acceptors (Lipinski definition) is 23. The molecule has 4 amide bonds. The molecule has 3 aliphatic rings. The summed E-state index contributed by atoms with van der Waals surface area (Å²) < 4.78 is 32.1. The van der Waals surface area contributed by atoms with Crippen LogP contribution in [0.25, 0.3) is 0 Å². The van der Waals surface area contributed by atoms with Gasteiger partial charge < -0.3 is 116 Å². The van der Waals surface area contributed by atoms with Crippen molar-refractivity contribution in [3.8, 4) is 0 Å². The summed E-state index contributed by atoms with van der Waals surface area (Å²) in [5, 5.41) is 129. The number of ketones is 1. The van der Waals surface area contributed by atoms with Crippen LogP contribution in [0.2, 0.25) is 0 Å². The zero-order valence-corrected chi connectivity index (χ0v) is 36.5. The average Bonchev–Trinajstić information content (AvgIpc) is 3.29. The number of carbonyl (C=O) groups excluding carboxylic acids is 5. The van der Waals surface area contributed by atoms with Gasteiger partial charge in [-0.3, -0.25) is 19.2 Å². The molecule has 15 atom stereocenters. The van der Waals surface area contributed by atoms with Crippen molar-refractivity contribution >= 4 is 29.4 Å². The van der Waals surface area contributed by atoms with E-state index in [1.807, 2.05) is 0 Å². The lowest BCUT2D eigenvalue weighted by Gasteiger charge is -2.39. The third-order valence-corrected chi connectivity index (χ3v) is 11.3. The van der Waals surface area contributed by atoms with Crippen LogP contribution in [0.15, 0.2) is 0 Å². The van der Waals surface area contributed by atoms with E-state index in [1.165, 1.54) is 6.92 Å². The molecular weight excluding hydrogens is 892 g/mol. The van der Waals surface area contributed by atoms with Crippen LogP contribution in [0.4, 0.5) is 0 Å². The van der Waals surface area contributed by atoms with Crippen molar-refractivity contribution in [2.24, 2.45) is 0 Å². The van der Waals surface area contributed by atoms with Crippen molar-refractivity contribution in [2.75, 3.05) is 59.3 Å². The first-order chi connectivity index (χ1) is 31.3. The Morgan fingerprint density at radius 3 is 1.02 bits per heavy atom. The van der Waals surface area contributed by atoms with Gasteiger partial charge in [0.1, 0.15) is 79.0 Å². The summed E-state index contributed by atoms with van der Waals surface area (Å²) in [5.41, 5.74) is -1.44. The van der Waals surface area contributed by atoms with E-state index in [9.17, 15) is 85.3 Å². The predicted octanol–water partition coefficient (Wildman–Crippen LogP) is -8.65. The fourth-order valence-corrected chi connectivity index (χ4v) is 7.25. The van der Waals surface area contributed by atoms with Crippen LogP contribution < -0.4 is 21.3 Å². The van der Waals surface area contributed by atoms with E-state index in [0.29, 0.717) is 0 Å². The maximum absolute atomic E-state index is 13.3. The molecule has 3 fully saturated rings. The first-order valence-corrected chi connectivity index (χ1v) is 21.6. The Balaban J connectivity index is 1.66. The standard InChI is InChI=1S/C39H68N4O23/c1-19(47)2-3-26(51)43-39(7-4-23(48)40-10-13-61-36-33(58)30(55)27(52)20(16-44)64-36,8-5-24(49)41-11-14-62-37-34(59)31(56)28(53)21(17-45)65-37)9-6-25(50)42-12-15-63-38-35(60)32(57)29(54)22(18-46)66-38/h20-22,27-38,44-46,52-60H,2-18H2,1H3,(H,40,48)(H,41,49)(H,42,50)(H,43,51)/t20-,21-,22-,27-,28-,29-,30+,31+,32+,33+,34+,35+,36+,37+,38+/m1/s1. The summed E-state index contributed by atoms with van der Waals surface area (Å²) in [6, 6.07) is 0. The maximum atomic E-state index is 13.3. The minimum absolute atomic E-state index is 0.138. The molecule has 0 aromatic heterocycles. The molecule has 0 radical (unpaired) electrons. The topological polar surface area (TPSA) is 432 Å². The highest BCUT2D eigenvalue weighted by molar-refractivity contribution is 5.84. The molecule has 3 aliphatic heterocycles. The third kappa shape index (κ3) is 17.4. The van der Waals surface area contributed by atoms with Crippen LogP contribution in [0.3, 0.4) is 0 Å². The Hall–Kier alpha value is -3.17. The Morgan fingerprint density at radius 1 is 0.439 bits per heavy atom. The Bertz CT molecular complexity index is 1370. The first kappa shape index (κ1) is 57.1. The molecule has 16 N–H and O–H groups in total. The summed E-state index contributed by atoms with van der Waals surface area (Å²) in [6.45, 7) is -2.03. The van der Waals surface area contributed by atoms with Crippen molar-refractivity contribution in [3.05, 3.63) is 0 Å². The molecule has 0 aliphatic carbocycles. The SMILES string of the molecule is CC(=O)CCC(=O)NC(CCC(=O)NCCO[C@H]1O[C@H](CO)[C@@H](O)[C@H](O)[C@@H]1O)(CCC(=O)NCCO[C@H]1O[C@H](CO)[C@@H](O)[C@H](O)[C@@H]1O)CCC(=O)NCCO[C@H]1O[C@H](CO)[C@@H](O)[C@H](O)[C@@H]1O. The van der Waals surface area contributed by atoms with Gasteiger partial charge in [0, 0.05) is 57.3 Å². The van der Waals surface area contributed by atoms with E-state index in [2.05, 4.69) is 21.3 Å². The zero-order valence-electron chi connectivity index (χ0n) is 36.5. The van der Waals surface area contributed by atoms with Gasteiger partial charge in [-0.1, -0.05) is 0 Å². The second-order valence-corrected chi connectivity index (χ2v) is 16.3. The Kier molecular flexibility index (Phi) is 24.6. The lowest BCUT2D eigenvalue weighted by atomic mass is 9.82. The van der Waals surface area contributed by atoms with Gasteiger partial charge in [-0.05, 0) is 26.2 Å². The lowest BCUT2D eigenvalue weighted by Crippen LogP contribution is -2.59. The summed E-state index contributed by atoms with van der Waals surface area (Å²) in [6.07, 6.45) is -24.7. The van der Waals surface area contributed by atoms with Crippen LogP contribution in [-0.2, 0) is 52.4 Å². The summed E-state index contributed by atoms with van der Waals surface area (Å²) in [5.74, 6) is -2.67. The molecule has 0 spiro atoms. The van der Waals surface area contributed by atoms with Gasteiger partial charge >= 0.3 is 0 Å². The van der Waals surface area contributed by atoms with Crippen molar-refractivity contribution in [1.82, 2.24) is 21.3 Å². The van der Waals surface area contributed by atoms with Gasteiger partial charge in [-0.15, -0.1) is 0 Å². The molecular formula is C39H68N4O23. The van der Waals surface area contributed by atoms with Crippen molar-refractivity contribution in [2.45, 2.75) is 156 Å². The number of carbonyl (C=O) groups is 5. The maximum Gasteiger partial charge on any atom is 0.220 e. The number of rotatable bonds is 28. The monoisotopic (exact) mass is 960 g/mol. The number of hydrogen-bond donors (Lipinski definition) is 16. The molecule has 0 saturated carbocycles. The van der Waals surface area contributed by atoms with Gasteiger partial charge in [0.2, 0.25) is 23.6 Å². The molecule has 0 aromatic rings. The van der Waals surface area contributed by atoms with Crippen LogP contribution in [0.5, 0.6) is 0 Å². The number of ether oxygens (including phenoxy) is 6. The molecule has 27 heteroatoms. The molecule has 382 valence electrons. The summed E-state index contributed by atoms with van der Waals surface area (Å²) in [4.78, 5) is 64.4.